The molecule has 0 unspecified atom stereocenters. The first-order valence-electron chi connectivity index (χ1n) is 7.91. The maximum atomic E-state index is 5.94. The van der Waals surface area contributed by atoms with Crippen LogP contribution in [-0.4, -0.2) is 51.9 Å². The molecule has 2 rings (SSSR count). The molecule has 21 heavy (non-hydrogen) atoms. The second kappa shape index (κ2) is 9.03. The summed E-state index contributed by atoms with van der Waals surface area (Å²) in [7, 11) is 4.14. The predicted octanol–water partition coefficient (Wildman–Crippen LogP) is 2.14. The molecule has 4 heteroatoms. The third-order valence-electron chi connectivity index (χ3n) is 3.98. The van der Waals surface area contributed by atoms with Crippen molar-refractivity contribution in [3.63, 3.8) is 0 Å². The number of benzene rings is 1. The summed E-state index contributed by atoms with van der Waals surface area (Å²) < 4.78 is 11.4. The van der Waals surface area contributed by atoms with E-state index in [0.29, 0.717) is 0 Å². The summed E-state index contributed by atoms with van der Waals surface area (Å²) in [4.78, 5) is 2.37. The van der Waals surface area contributed by atoms with Crippen molar-refractivity contribution in [1.29, 1.82) is 0 Å². The molecule has 1 N–H and O–H groups in total. The van der Waals surface area contributed by atoms with Gasteiger partial charge in [-0.2, -0.15) is 0 Å². The predicted molar refractivity (Wildman–Crippen MR) is 85.7 cm³/mol. The molecule has 4 nitrogen and oxygen atoms in total. The molecule has 1 saturated heterocycles. The van der Waals surface area contributed by atoms with Crippen LogP contribution in [0.1, 0.15) is 18.4 Å². The Bertz CT molecular complexity index is 406. The average Bonchev–Trinajstić information content (AvgIpc) is 2.50. The van der Waals surface area contributed by atoms with Crippen molar-refractivity contribution in [2.24, 2.45) is 5.92 Å². The second-order valence-corrected chi connectivity index (χ2v) is 5.80. The maximum absolute atomic E-state index is 5.94. The number of hydrogen-bond acceptors (Lipinski definition) is 4. The van der Waals surface area contributed by atoms with Crippen molar-refractivity contribution in [1.82, 2.24) is 10.2 Å². The number of nitrogens with zero attached hydrogens (tertiary/aromatic N) is 1. The Morgan fingerprint density at radius 3 is 2.81 bits per heavy atom. The fraction of sp³-hybridized carbons (Fsp3) is 0.647. The minimum atomic E-state index is 0.737. The largest absolute Gasteiger partial charge is 0.492 e. The van der Waals surface area contributed by atoms with Crippen LogP contribution in [0.25, 0.3) is 0 Å². The molecule has 1 aromatic carbocycles. The summed E-state index contributed by atoms with van der Waals surface area (Å²) in [5.74, 6) is 1.77. The van der Waals surface area contributed by atoms with E-state index < -0.39 is 0 Å². The molecule has 0 aliphatic carbocycles. The van der Waals surface area contributed by atoms with E-state index in [4.69, 9.17) is 9.47 Å². The Morgan fingerprint density at radius 1 is 1.29 bits per heavy atom. The standard InChI is InChI=1S/C17H28N2O2/c1-18-13-16-5-3-4-6-17(16)21-12-9-19(2)14-15-7-10-20-11-8-15/h3-6,15,18H,7-14H2,1-2H3. The van der Waals surface area contributed by atoms with Gasteiger partial charge in [-0.05, 0) is 38.9 Å². The Morgan fingerprint density at radius 2 is 2.05 bits per heavy atom. The van der Waals surface area contributed by atoms with Crippen LogP contribution in [0, 0.1) is 5.92 Å². The van der Waals surface area contributed by atoms with Gasteiger partial charge in [0.2, 0.25) is 0 Å². The molecule has 1 aliphatic rings. The normalized spacial score (nSPS) is 16.3. The van der Waals surface area contributed by atoms with Crippen molar-refractivity contribution in [3.8, 4) is 5.75 Å². The summed E-state index contributed by atoms with van der Waals surface area (Å²) in [5, 5.41) is 3.18. The number of rotatable bonds is 8. The molecule has 0 aromatic heterocycles. The molecule has 1 aliphatic heterocycles. The van der Waals surface area contributed by atoms with Gasteiger partial charge in [-0.3, -0.25) is 0 Å². The van der Waals surface area contributed by atoms with Crippen LogP contribution in [0.5, 0.6) is 5.75 Å². The molecule has 1 fully saturated rings. The first kappa shape index (κ1) is 16.3. The average molecular weight is 292 g/mol. The van der Waals surface area contributed by atoms with Gasteiger partial charge in [-0.1, -0.05) is 18.2 Å². The smallest absolute Gasteiger partial charge is 0.123 e. The molecule has 1 aromatic rings. The molecule has 0 radical (unpaired) electrons. The highest BCUT2D eigenvalue weighted by Crippen LogP contribution is 2.18. The minimum Gasteiger partial charge on any atom is -0.492 e. The lowest BCUT2D eigenvalue weighted by atomic mass is 10.00. The van der Waals surface area contributed by atoms with Crippen molar-refractivity contribution in [2.75, 3.05) is 47.0 Å². The highest BCUT2D eigenvalue weighted by molar-refractivity contribution is 5.33. The van der Waals surface area contributed by atoms with Gasteiger partial charge in [0.25, 0.3) is 0 Å². The summed E-state index contributed by atoms with van der Waals surface area (Å²) in [6, 6.07) is 8.24. The quantitative estimate of drug-likeness (QED) is 0.796. The summed E-state index contributed by atoms with van der Waals surface area (Å²) in [6.45, 7) is 5.53. The van der Waals surface area contributed by atoms with E-state index in [1.54, 1.807) is 0 Å². The number of ether oxygens (including phenoxy) is 2. The van der Waals surface area contributed by atoms with Gasteiger partial charge < -0.3 is 19.7 Å². The SMILES string of the molecule is CNCc1ccccc1OCCN(C)CC1CCOCC1. The van der Waals surface area contributed by atoms with Crippen molar-refractivity contribution in [3.05, 3.63) is 29.8 Å². The topological polar surface area (TPSA) is 33.7 Å². The molecule has 0 spiro atoms. The lowest BCUT2D eigenvalue weighted by Gasteiger charge is -2.27. The minimum absolute atomic E-state index is 0.737. The van der Waals surface area contributed by atoms with Gasteiger partial charge in [0.05, 0.1) is 0 Å². The fourth-order valence-electron chi connectivity index (χ4n) is 2.75. The highest BCUT2D eigenvalue weighted by atomic mass is 16.5. The van der Waals surface area contributed by atoms with Crippen LogP contribution in [0.2, 0.25) is 0 Å². The van der Waals surface area contributed by atoms with E-state index in [9.17, 15) is 0 Å². The van der Waals surface area contributed by atoms with Gasteiger partial charge >= 0.3 is 0 Å². The van der Waals surface area contributed by atoms with Crippen LogP contribution >= 0.6 is 0 Å². The first-order valence-corrected chi connectivity index (χ1v) is 7.91. The van der Waals surface area contributed by atoms with Crippen LogP contribution in [-0.2, 0) is 11.3 Å². The summed E-state index contributed by atoms with van der Waals surface area (Å²) in [6.07, 6.45) is 2.38. The monoisotopic (exact) mass is 292 g/mol. The molecular weight excluding hydrogens is 264 g/mol. The van der Waals surface area contributed by atoms with E-state index >= 15 is 0 Å². The Balaban J connectivity index is 1.70. The van der Waals surface area contributed by atoms with Gasteiger partial charge in [0, 0.05) is 38.4 Å². The van der Waals surface area contributed by atoms with Gasteiger partial charge in [0.1, 0.15) is 12.4 Å². The molecule has 0 atom stereocenters. The molecule has 1 heterocycles. The molecule has 0 amide bonds. The lowest BCUT2D eigenvalue weighted by Crippen LogP contribution is -2.32. The summed E-state index contributed by atoms with van der Waals surface area (Å²) >= 11 is 0. The van der Waals surface area contributed by atoms with E-state index in [1.807, 2.05) is 19.2 Å². The lowest BCUT2D eigenvalue weighted by molar-refractivity contribution is 0.0543. The van der Waals surface area contributed by atoms with Crippen molar-refractivity contribution >= 4 is 0 Å². The van der Waals surface area contributed by atoms with Gasteiger partial charge in [-0.25, -0.2) is 0 Å². The molecular formula is C17H28N2O2. The highest BCUT2D eigenvalue weighted by Gasteiger charge is 2.15. The zero-order valence-corrected chi connectivity index (χ0v) is 13.3. The number of para-hydroxylation sites is 1. The number of nitrogens with one attached hydrogen (secondary N) is 1. The molecule has 0 saturated carbocycles. The Kier molecular flexibility index (Phi) is 7.00. The van der Waals surface area contributed by atoms with E-state index in [1.165, 1.54) is 18.4 Å². The Labute approximate surface area is 128 Å². The summed E-state index contributed by atoms with van der Waals surface area (Å²) in [5.41, 5.74) is 1.21. The fourth-order valence-corrected chi connectivity index (χ4v) is 2.75. The van der Waals surface area contributed by atoms with E-state index in [0.717, 1.165) is 51.1 Å². The Hall–Kier alpha value is -1.10. The number of likely N-dealkylation sites (N-methyl/N-ethyl adjacent to an activating group) is 1. The number of hydrogen-bond donors (Lipinski definition) is 1. The zero-order valence-electron chi connectivity index (χ0n) is 13.3. The first-order chi connectivity index (χ1) is 10.3. The van der Waals surface area contributed by atoms with Crippen LogP contribution < -0.4 is 10.1 Å². The molecule has 0 bridgehead atoms. The van der Waals surface area contributed by atoms with Crippen LogP contribution in [0.15, 0.2) is 24.3 Å². The molecule has 118 valence electrons. The third-order valence-corrected chi connectivity index (χ3v) is 3.98. The zero-order chi connectivity index (χ0) is 14.9. The van der Waals surface area contributed by atoms with Gasteiger partial charge in [0.15, 0.2) is 0 Å². The maximum Gasteiger partial charge on any atom is 0.123 e. The van der Waals surface area contributed by atoms with Gasteiger partial charge in [-0.15, -0.1) is 0 Å². The van der Waals surface area contributed by atoms with Crippen molar-refractivity contribution in [2.45, 2.75) is 19.4 Å². The van der Waals surface area contributed by atoms with Crippen molar-refractivity contribution < 1.29 is 9.47 Å². The third kappa shape index (κ3) is 5.65. The van der Waals surface area contributed by atoms with Crippen LogP contribution in [0.4, 0.5) is 0 Å². The second-order valence-electron chi connectivity index (χ2n) is 5.80. The van der Waals surface area contributed by atoms with E-state index in [-0.39, 0.29) is 0 Å². The van der Waals surface area contributed by atoms with E-state index in [2.05, 4.69) is 29.4 Å². The van der Waals surface area contributed by atoms with Crippen LogP contribution in [0.3, 0.4) is 0 Å².